The van der Waals surface area contributed by atoms with Gasteiger partial charge in [-0.2, -0.15) is 0 Å². The van der Waals surface area contributed by atoms with E-state index in [4.69, 9.17) is 0 Å². The molecule has 9 heteroatoms. The molecule has 0 aliphatic carbocycles. The van der Waals surface area contributed by atoms with Crippen LogP contribution in [0.5, 0.6) is 0 Å². The molecule has 118 valence electrons. The minimum atomic E-state index is -3.87. The third-order valence-electron chi connectivity index (χ3n) is 3.23. The number of nitrogens with one attached hydrogen (secondary N) is 2. The van der Waals surface area contributed by atoms with E-state index < -0.39 is 30.6 Å². The normalized spacial score (nSPS) is 20.4. The lowest BCUT2D eigenvalue weighted by Gasteiger charge is -2.23. The number of halogens is 1. The van der Waals surface area contributed by atoms with E-state index >= 15 is 0 Å². The molecule has 1 heterocycles. The molecule has 1 aromatic carbocycles. The zero-order chi connectivity index (χ0) is 15.7. The van der Waals surface area contributed by atoms with Gasteiger partial charge in [-0.25, -0.2) is 25.9 Å². The third kappa shape index (κ3) is 4.00. The summed E-state index contributed by atoms with van der Waals surface area (Å²) in [6.45, 7) is 1.36. The molecule has 1 aromatic rings. The Morgan fingerprint density at radius 3 is 2.52 bits per heavy atom. The predicted octanol–water partition coefficient (Wildman–Crippen LogP) is 0.259. The molecule has 0 bridgehead atoms. The summed E-state index contributed by atoms with van der Waals surface area (Å²) < 4.78 is 63.2. The summed E-state index contributed by atoms with van der Waals surface area (Å²) in [6.07, 6.45) is 2.43. The second-order valence-electron chi connectivity index (χ2n) is 5.03. The van der Waals surface area contributed by atoms with Gasteiger partial charge in [0.1, 0.15) is 10.7 Å². The fourth-order valence-electron chi connectivity index (χ4n) is 2.19. The third-order valence-corrected chi connectivity index (χ3v) is 5.88. The second-order valence-corrected chi connectivity index (χ2v) is 8.73. The molecule has 0 spiro atoms. The summed E-state index contributed by atoms with van der Waals surface area (Å²) in [5.41, 5.74) is 0. The van der Waals surface area contributed by atoms with Crippen LogP contribution in [0.3, 0.4) is 0 Å². The Labute approximate surface area is 123 Å². The molecule has 1 aliphatic rings. The van der Waals surface area contributed by atoms with Crippen LogP contribution >= 0.6 is 0 Å². The fraction of sp³-hybridized carbons (Fsp3) is 0.500. The largest absolute Gasteiger partial charge is 0.315 e. The van der Waals surface area contributed by atoms with Crippen molar-refractivity contribution >= 4 is 19.9 Å². The molecule has 2 rings (SSSR count). The highest BCUT2D eigenvalue weighted by molar-refractivity contribution is 7.90. The van der Waals surface area contributed by atoms with Crippen LogP contribution < -0.4 is 10.0 Å². The molecule has 1 aliphatic heterocycles. The van der Waals surface area contributed by atoms with Crippen molar-refractivity contribution in [3.63, 3.8) is 0 Å². The van der Waals surface area contributed by atoms with Crippen LogP contribution in [-0.2, 0) is 19.9 Å². The van der Waals surface area contributed by atoms with Gasteiger partial charge in [0, 0.05) is 18.8 Å². The maximum atomic E-state index is 13.8. The van der Waals surface area contributed by atoms with Gasteiger partial charge in [-0.15, -0.1) is 0 Å². The van der Waals surface area contributed by atoms with Gasteiger partial charge < -0.3 is 5.32 Å². The SMILES string of the molecule is CS(=O)(=O)c1ccc(S(=O)(=O)N[C@H]2CCCNC2)cc1F. The number of rotatable bonds is 4. The average Bonchev–Trinajstić information content (AvgIpc) is 2.37. The van der Waals surface area contributed by atoms with Gasteiger partial charge >= 0.3 is 0 Å². The molecule has 0 aromatic heterocycles. The zero-order valence-corrected chi connectivity index (χ0v) is 13.1. The van der Waals surface area contributed by atoms with Crippen LogP contribution in [0.2, 0.25) is 0 Å². The van der Waals surface area contributed by atoms with E-state index in [2.05, 4.69) is 10.0 Å². The van der Waals surface area contributed by atoms with Gasteiger partial charge in [-0.05, 0) is 37.6 Å². The summed E-state index contributed by atoms with van der Waals surface area (Å²) in [5.74, 6) is -1.07. The van der Waals surface area contributed by atoms with E-state index in [1.807, 2.05) is 0 Å². The lowest BCUT2D eigenvalue weighted by Crippen LogP contribution is -2.45. The van der Waals surface area contributed by atoms with Crippen LogP contribution in [0.25, 0.3) is 0 Å². The van der Waals surface area contributed by atoms with Gasteiger partial charge in [-0.3, -0.25) is 0 Å². The molecular weight excluding hydrogens is 319 g/mol. The van der Waals surface area contributed by atoms with Crippen molar-refractivity contribution in [2.24, 2.45) is 0 Å². The van der Waals surface area contributed by atoms with Gasteiger partial charge in [0.25, 0.3) is 0 Å². The van der Waals surface area contributed by atoms with E-state index in [-0.39, 0.29) is 10.9 Å². The molecule has 1 atom stereocenters. The van der Waals surface area contributed by atoms with Crippen LogP contribution in [0.4, 0.5) is 4.39 Å². The second kappa shape index (κ2) is 5.99. The van der Waals surface area contributed by atoms with E-state index in [0.717, 1.165) is 37.4 Å². The summed E-state index contributed by atoms with van der Waals surface area (Å²) in [5, 5.41) is 3.07. The van der Waals surface area contributed by atoms with Crippen molar-refractivity contribution in [3.05, 3.63) is 24.0 Å². The summed E-state index contributed by atoms with van der Waals surface area (Å²) in [7, 11) is -7.59. The molecule has 1 fully saturated rings. The number of sulfone groups is 1. The predicted molar refractivity (Wildman–Crippen MR) is 75.7 cm³/mol. The Hall–Kier alpha value is -1.03. The Balaban J connectivity index is 2.26. The van der Waals surface area contributed by atoms with Gasteiger partial charge in [-0.1, -0.05) is 0 Å². The highest BCUT2D eigenvalue weighted by Gasteiger charge is 2.23. The first-order valence-electron chi connectivity index (χ1n) is 6.43. The highest BCUT2D eigenvalue weighted by atomic mass is 32.2. The average molecular weight is 336 g/mol. The molecular formula is C12H17FN2O4S2. The molecule has 2 N–H and O–H groups in total. The smallest absolute Gasteiger partial charge is 0.240 e. The van der Waals surface area contributed by atoms with E-state index in [9.17, 15) is 21.2 Å². The highest BCUT2D eigenvalue weighted by Crippen LogP contribution is 2.19. The minimum absolute atomic E-state index is 0.249. The van der Waals surface area contributed by atoms with Gasteiger partial charge in [0.15, 0.2) is 9.84 Å². The first-order valence-corrected chi connectivity index (χ1v) is 9.80. The van der Waals surface area contributed by atoms with Crippen LogP contribution in [-0.4, -0.2) is 42.2 Å². The van der Waals surface area contributed by atoms with Crippen molar-refractivity contribution < 1.29 is 21.2 Å². The number of benzene rings is 1. The Morgan fingerprint density at radius 2 is 2.00 bits per heavy atom. The number of hydrogen-bond donors (Lipinski definition) is 2. The van der Waals surface area contributed by atoms with Crippen molar-refractivity contribution in [2.75, 3.05) is 19.3 Å². The van der Waals surface area contributed by atoms with Gasteiger partial charge in [0.05, 0.1) is 4.90 Å². The van der Waals surface area contributed by atoms with Crippen molar-refractivity contribution in [1.29, 1.82) is 0 Å². The maximum absolute atomic E-state index is 13.8. The topological polar surface area (TPSA) is 92.3 Å². The van der Waals surface area contributed by atoms with Crippen molar-refractivity contribution in [3.8, 4) is 0 Å². The number of hydrogen-bond acceptors (Lipinski definition) is 5. The van der Waals surface area contributed by atoms with Crippen LogP contribution in [0.15, 0.2) is 28.0 Å². The first kappa shape index (κ1) is 16.3. The molecule has 0 amide bonds. The molecule has 1 saturated heterocycles. The van der Waals surface area contributed by atoms with E-state index in [1.54, 1.807) is 0 Å². The van der Waals surface area contributed by atoms with E-state index in [1.165, 1.54) is 0 Å². The Morgan fingerprint density at radius 1 is 1.29 bits per heavy atom. The first-order chi connectivity index (χ1) is 9.70. The lowest BCUT2D eigenvalue weighted by atomic mass is 10.1. The Kier molecular flexibility index (Phi) is 4.66. The molecule has 21 heavy (non-hydrogen) atoms. The minimum Gasteiger partial charge on any atom is -0.315 e. The number of piperidine rings is 1. The molecule has 0 unspecified atom stereocenters. The fourth-order valence-corrected chi connectivity index (χ4v) is 4.20. The maximum Gasteiger partial charge on any atom is 0.240 e. The molecule has 6 nitrogen and oxygen atoms in total. The van der Waals surface area contributed by atoms with Crippen molar-refractivity contribution in [1.82, 2.24) is 10.0 Å². The van der Waals surface area contributed by atoms with Gasteiger partial charge in [0.2, 0.25) is 10.0 Å². The Bertz CT molecular complexity index is 726. The standard InChI is InChI=1S/C12H17FN2O4S2/c1-20(16,17)12-5-4-10(7-11(12)13)21(18,19)15-9-3-2-6-14-8-9/h4-5,7,9,14-15H,2-3,6,8H2,1H3/t9-/m0/s1. The molecule has 0 saturated carbocycles. The van der Waals surface area contributed by atoms with Crippen molar-refractivity contribution in [2.45, 2.75) is 28.7 Å². The monoisotopic (exact) mass is 336 g/mol. The quantitative estimate of drug-likeness (QED) is 0.823. The zero-order valence-electron chi connectivity index (χ0n) is 11.5. The number of sulfonamides is 1. The van der Waals surface area contributed by atoms with Crippen LogP contribution in [0.1, 0.15) is 12.8 Å². The summed E-state index contributed by atoms with van der Waals surface area (Å²) in [6, 6.07) is 2.55. The summed E-state index contributed by atoms with van der Waals surface area (Å²) in [4.78, 5) is -0.793. The van der Waals surface area contributed by atoms with E-state index in [0.29, 0.717) is 13.0 Å². The molecule has 0 radical (unpaired) electrons. The summed E-state index contributed by atoms with van der Waals surface area (Å²) >= 11 is 0. The lowest BCUT2D eigenvalue weighted by molar-refractivity contribution is 0.428. The van der Waals surface area contributed by atoms with Crippen LogP contribution in [0, 0.1) is 5.82 Å².